The molecule has 1 unspecified atom stereocenters. The second-order valence-electron chi connectivity index (χ2n) is 5.93. The molecule has 0 saturated carbocycles. The van der Waals surface area contributed by atoms with Gasteiger partial charge in [0.25, 0.3) is 0 Å². The predicted octanol–water partition coefficient (Wildman–Crippen LogP) is 3.43. The van der Waals surface area contributed by atoms with Crippen LogP contribution in [0.3, 0.4) is 0 Å². The summed E-state index contributed by atoms with van der Waals surface area (Å²) in [6, 6.07) is 13.7. The molecule has 1 atom stereocenters. The summed E-state index contributed by atoms with van der Waals surface area (Å²) >= 11 is 0. The van der Waals surface area contributed by atoms with Gasteiger partial charge in [0.15, 0.2) is 0 Å². The fourth-order valence-corrected chi connectivity index (χ4v) is 2.65. The fraction of sp³-hybridized carbons (Fsp3) is 0.222. The predicted molar refractivity (Wildman–Crippen MR) is 95.3 cm³/mol. The molecule has 25 heavy (non-hydrogen) atoms. The molecule has 0 aliphatic rings. The van der Waals surface area contributed by atoms with Gasteiger partial charge in [0.05, 0.1) is 11.7 Å². The van der Waals surface area contributed by atoms with Crippen molar-refractivity contribution in [3.8, 4) is 0 Å². The first-order valence-electron chi connectivity index (χ1n) is 7.93. The summed E-state index contributed by atoms with van der Waals surface area (Å²) in [5.74, 6) is 0.181. The van der Waals surface area contributed by atoms with E-state index in [1.807, 2.05) is 25.1 Å². The van der Waals surface area contributed by atoms with Crippen molar-refractivity contribution in [3.05, 3.63) is 81.9 Å². The molecule has 1 N–H and O–H groups in total. The summed E-state index contributed by atoms with van der Waals surface area (Å²) in [5.41, 5.74) is 3.13. The van der Waals surface area contributed by atoms with Gasteiger partial charge in [-0.1, -0.05) is 35.9 Å². The van der Waals surface area contributed by atoms with Crippen LogP contribution in [0.4, 0.5) is 11.6 Å². The van der Waals surface area contributed by atoms with Crippen molar-refractivity contribution in [2.75, 3.05) is 5.32 Å². The monoisotopic (exact) mass is 337 g/mol. The van der Waals surface area contributed by atoms with Gasteiger partial charge in [0.2, 0.25) is 12.1 Å². The highest BCUT2D eigenvalue weighted by Gasteiger charge is 2.24. The Hall–Kier alpha value is -3.22. The molecular formula is C18H19N5O2. The third-order valence-corrected chi connectivity index (χ3v) is 4.01. The number of nitrogens with zero attached hydrogens (tertiary/aromatic N) is 4. The molecular weight excluding hydrogens is 318 g/mol. The van der Waals surface area contributed by atoms with Crippen LogP contribution in [-0.4, -0.2) is 19.5 Å². The van der Waals surface area contributed by atoms with E-state index in [1.54, 1.807) is 17.8 Å². The molecule has 7 heteroatoms. The van der Waals surface area contributed by atoms with Crippen molar-refractivity contribution < 1.29 is 4.92 Å². The molecule has 0 bridgehead atoms. The number of hydrogen-bond donors (Lipinski definition) is 1. The maximum atomic E-state index is 11.2. The smallest absolute Gasteiger partial charge is 0.358 e. The largest absolute Gasteiger partial charge is 0.406 e. The number of imidazole rings is 1. The molecule has 0 aliphatic heterocycles. The Morgan fingerprint density at radius 3 is 2.60 bits per heavy atom. The van der Waals surface area contributed by atoms with E-state index in [1.165, 1.54) is 11.9 Å². The van der Waals surface area contributed by atoms with Crippen LogP contribution in [-0.2, 0) is 13.5 Å². The summed E-state index contributed by atoms with van der Waals surface area (Å²) in [5, 5.41) is 14.5. The van der Waals surface area contributed by atoms with Crippen LogP contribution in [0.25, 0.3) is 0 Å². The van der Waals surface area contributed by atoms with Gasteiger partial charge in [-0.15, -0.1) is 0 Å². The molecule has 0 spiro atoms. The minimum atomic E-state index is -0.482. The second-order valence-corrected chi connectivity index (χ2v) is 5.93. The summed E-state index contributed by atoms with van der Waals surface area (Å²) in [4.78, 5) is 19.0. The third kappa shape index (κ3) is 3.82. The molecule has 0 saturated heterocycles. The van der Waals surface area contributed by atoms with Gasteiger partial charge in [0.1, 0.15) is 0 Å². The van der Waals surface area contributed by atoms with Gasteiger partial charge in [-0.2, -0.15) is 0 Å². The number of anilines is 1. The standard InChI is InChI=1S/C18H19N5O2/c1-13-6-8-14(9-7-13)11-16(15-5-3-4-10-19-15)21-18-17(23(24)25)20-12-22(18)2/h3-10,12,16,21H,11H2,1-2H3. The van der Waals surface area contributed by atoms with E-state index in [-0.39, 0.29) is 11.9 Å². The lowest BCUT2D eigenvalue weighted by atomic mass is 10.0. The molecule has 3 rings (SSSR count). The van der Waals surface area contributed by atoms with E-state index < -0.39 is 4.92 Å². The summed E-state index contributed by atoms with van der Waals surface area (Å²) in [6.45, 7) is 2.04. The van der Waals surface area contributed by atoms with Crippen LogP contribution in [0, 0.1) is 17.0 Å². The third-order valence-electron chi connectivity index (χ3n) is 4.01. The van der Waals surface area contributed by atoms with Gasteiger partial charge in [-0.25, -0.2) is 0 Å². The zero-order valence-corrected chi connectivity index (χ0v) is 14.1. The van der Waals surface area contributed by atoms with Crippen molar-refractivity contribution in [1.29, 1.82) is 0 Å². The number of benzene rings is 1. The molecule has 7 nitrogen and oxygen atoms in total. The number of aromatic nitrogens is 3. The van der Waals surface area contributed by atoms with E-state index in [9.17, 15) is 10.1 Å². The maximum absolute atomic E-state index is 11.2. The highest BCUT2D eigenvalue weighted by atomic mass is 16.6. The molecule has 0 aliphatic carbocycles. The Balaban J connectivity index is 1.93. The van der Waals surface area contributed by atoms with E-state index in [0.717, 1.165) is 11.3 Å². The zero-order valence-electron chi connectivity index (χ0n) is 14.1. The van der Waals surface area contributed by atoms with E-state index in [2.05, 4.69) is 39.6 Å². The van der Waals surface area contributed by atoms with Gasteiger partial charge >= 0.3 is 5.82 Å². The molecule has 0 fully saturated rings. The normalized spacial score (nSPS) is 11.9. The Labute approximate surface area is 145 Å². The first kappa shape index (κ1) is 16.6. The van der Waals surface area contributed by atoms with Crippen LogP contribution in [0.15, 0.2) is 55.0 Å². The SMILES string of the molecule is Cc1ccc(CC(Nc2c([N+](=O)[O-])ncn2C)c2ccccn2)cc1. The van der Waals surface area contributed by atoms with E-state index in [0.29, 0.717) is 12.2 Å². The first-order chi connectivity index (χ1) is 12.0. The van der Waals surface area contributed by atoms with Crippen molar-refractivity contribution in [2.45, 2.75) is 19.4 Å². The minimum Gasteiger partial charge on any atom is -0.358 e. The fourth-order valence-electron chi connectivity index (χ4n) is 2.65. The quantitative estimate of drug-likeness (QED) is 0.550. The van der Waals surface area contributed by atoms with Crippen LogP contribution in [0.5, 0.6) is 0 Å². The molecule has 0 amide bonds. The zero-order chi connectivity index (χ0) is 17.8. The topological polar surface area (TPSA) is 85.9 Å². The molecule has 1 aromatic carbocycles. The highest BCUT2D eigenvalue weighted by molar-refractivity contribution is 5.53. The summed E-state index contributed by atoms with van der Waals surface area (Å²) in [7, 11) is 1.73. The van der Waals surface area contributed by atoms with Crippen LogP contribution >= 0.6 is 0 Å². The van der Waals surface area contributed by atoms with Crippen molar-refractivity contribution >= 4 is 11.6 Å². The van der Waals surface area contributed by atoms with E-state index >= 15 is 0 Å². The Morgan fingerprint density at radius 2 is 1.96 bits per heavy atom. The Morgan fingerprint density at radius 1 is 1.20 bits per heavy atom. The second kappa shape index (κ2) is 7.12. The molecule has 2 aromatic heterocycles. The van der Waals surface area contributed by atoms with Gasteiger partial charge in [0, 0.05) is 13.2 Å². The number of pyridine rings is 1. The number of rotatable bonds is 6. The minimum absolute atomic E-state index is 0.188. The average molecular weight is 337 g/mol. The Bertz CT molecular complexity index is 859. The summed E-state index contributed by atoms with van der Waals surface area (Å²) in [6.07, 6.45) is 3.80. The molecule has 128 valence electrons. The van der Waals surface area contributed by atoms with Crippen molar-refractivity contribution in [2.24, 2.45) is 7.05 Å². The lowest BCUT2D eigenvalue weighted by Crippen LogP contribution is -2.17. The highest BCUT2D eigenvalue weighted by Crippen LogP contribution is 2.28. The molecule has 2 heterocycles. The van der Waals surface area contributed by atoms with Crippen LogP contribution in [0.1, 0.15) is 22.9 Å². The average Bonchev–Trinajstić information content (AvgIpc) is 2.98. The number of nitro groups is 1. The summed E-state index contributed by atoms with van der Waals surface area (Å²) < 4.78 is 1.61. The van der Waals surface area contributed by atoms with Gasteiger partial charge in [-0.05, 0) is 40.9 Å². The number of nitrogens with one attached hydrogen (secondary N) is 1. The van der Waals surface area contributed by atoms with Crippen LogP contribution in [0.2, 0.25) is 0 Å². The lowest BCUT2D eigenvalue weighted by Gasteiger charge is -2.19. The number of hydrogen-bond acceptors (Lipinski definition) is 5. The van der Waals surface area contributed by atoms with Crippen molar-refractivity contribution in [1.82, 2.24) is 14.5 Å². The molecule has 0 radical (unpaired) electrons. The lowest BCUT2D eigenvalue weighted by molar-refractivity contribution is -0.388. The van der Waals surface area contributed by atoms with Gasteiger partial charge < -0.3 is 15.4 Å². The number of aryl methyl sites for hydroxylation is 2. The maximum Gasteiger partial charge on any atom is 0.406 e. The first-order valence-corrected chi connectivity index (χ1v) is 7.93. The van der Waals surface area contributed by atoms with Gasteiger partial charge in [-0.3, -0.25) is 9.55 Å². The van der Waals surface area contributed by atoms with E-state index in [4.69, 9.17) is 0 Å². The Kier molecular flexibility index (Phi) is 4.74. The van der Waals surface area contributed by atoms with Crippen molar-refractivity contribution in [3.63, 3.8) is 0 Å². The van der Waals surface area contributed by atoms with Crippen LogP contribution < -0.4 is 5.32 Å². The molecule has 3 aromatic rings.